The Hall–Kier alpha value is -1.59. The first-order chi connectivity index (χ1) is 10.9. The first-order valence-corrected chi connectivity index (χ1v) is 8.27. The van der Waals surface area contributed by atoms with E-state index in [-0.39, 0.29) is 30.1 Å². The van der Waals surface area contributed by atoms with Crippen LogP contribution in [0.4, 0.5) is 0 Å². The zero-order valence-corrected chi connectivity index (χ0v) is 14.0. The molecule has 4 atom stereocenters. The molecule has 2 aliphatic rings. The van der Waals surface area contributed by atoms with Gasteiger partial charge in [0.25, 0.3) is 5.91 Å². The average molecular weight is 337 g/mol. The molecular weight excluding hydrogens is 316 g/mol. The van der Waals surface area contributed by atoms with E-state index in [0.717, 1.165) is 19.3 Å². The van der Waals surface area contributed by atoms with Crippen molar-refractivity contribution in [1.82, 2.24) is 10.2 Å². The fraction of sp³-hybridized carbons (Fsp3) is 0.529. The lowest BCUT2D eigenvalue weighted by Gasteiger charge is -2.37. The summed E-state index contributed by atoms with van der Waals surface area (Å²) in [4.78, 5) is 25.9. The molecule has 6 heteroatoms. The summed E-state index contributed by atoms with van der Waals surface area (Å²) in [6.07, 6.45) is 2.45. The van der Waals surface area contributed by atoms with Gasteiger partial charge in [0.1, 0.15) is 6.10 Å². The van der Waals surface area contributed by atoms with Crippen LogP contribution in [0.1, 0.15) is 36.5 Å². The zero-order chi connectivity index (χ0) is 16.6. The normalized spacial score (nSPS) is 30.0. The van der Waals surface area contributed by atoms with Crippen LogP contribution in [0, 0.1) is 0 Å². The summed E-state index contributed by atoms with van der Waals surface area (Å²) in [5.41, 5.74) is 0.609. The van der Waals surface area contributed by atoms with Crippen molar-refractivity contribution in [2.24, 2.45) is 0 Å². The molecule has 2 bridgehead atoms. The maximum atomic E-state index is 12.3. The number of nitrogens with one attached hydrogen (secondary N) is 1. The van der Waals surface area contributed by atoms with Gasteiger partial charge in [0.2, 0.25) is 0 Å². The van der Waals surface area contributed by atoms with E-state index in [1.165, 1.54) is 6.92 Å². The van der Waals surface area contributed by atoms with Gasteiger partial charge in [-0.05, 0) is 44.2 Å². The highest BCUT2D eigenvalue weighted by Crippen LogP contribution is 2.36. The molecular formula is C17H21ClN2O3. The van der Waals surface area contributed by atoms with Crippen molar-refractivity contribution >= 4 is 23.5 Å². The summed E-state index contributed by atoms with van der Waals surface area (Å²) in [6.45, 7) is 1.45. The van der Waals surface area contributed by atoms with Crippen molar-refractivity contribution < 1.29 is 14.3 Å². The topological polar surface area (TPSA) is 58.6 Å². The van der Waals surface area contributed by atoms with Gasteiger partial charge in [0, 0.05) is 42.1 Å². The van der Waals surface area contributed by atoms with Gasteiger partial charge < -0.3 is 10.1 Å². The van der Waals surface area contributed by atoms with E-state index in [1.54, 1.807) is 24.3 Å². The van der Waals surface area contributed by atoms with Gasteiger partial charge in [-0.15, -0.1) is 0 Å². The number of fused-ring (bicyclic) bond motifs is 2. The summed E-state index contributed by atoms with van der Waals surface area (Å²) in [5, 5.41) is 3.71. The van der Waals surface area contributed by atoms with E-state index >= 15 is 0 Å². The van der Waals surface area contributed by atoms with Crippen molar-refractivity contribution in [3.63, 3.8) is 0 Å². The lowest BCUT2D eigenvalue weighted by Crippen LogP contribution is -2.50. The Balaban J connectivity index is 1.64. The Bertz CT molecular complexity index is 604. The second-order valence-corrected chi connectivity index (χ2v) is 6.86. The predicted molar refractivity (Wildman–Crippen MR) is 87.5 cm³/mol. The highest BCUT2D eigenvalue weighted by molar-refractivity contribution is 6.30. The smallest absolute Gasteiger partial charge is 0.302 e. The molecule has 4 unspecified atom stereocenters. The number of carbonyl (C=O) groups is 2. The first kappa shape index (κ1) is 16.3. The van der Waals surface area contributed by atoms with Crippen molar-refractivity contribution in [1.29, 1.82) is 0 Å². The molecule has 2 heterocycles. The third-order valence-electron chi connectivity index (χ3n) is 4.87. The summed E-state index contributed by atoms with van der Waals surface area (Å²) in [7, 11) is 2.07. The molecule has 0 radical (unpaired) electrons. The van der Waals surface area contributed by atoms with E-state index in [1.807, 2.05) is 0 Å². The third-order valence-corrected chi connectivity index (χ3v) is 5.13. The number of hydrogen-bond acceptors (Lipinski definition) is 4. The molecule has 1 N–H and O–H groups in total. The zero-order valence-electron chi connectivity index (χ0n) is 13.3. The number of benzene rings is 1. The molecule has 1 aromatic carbocycles. The van der Waals surface area contributed by atoms with Crippen LogP contribution in [0.5, 0.6) is 0 Å². The molecule has 2 aliphatic heterocycles. The Kier molecular flexibility index (Phi) is 4.60. The summed E-state index contributed by atoms with van der Waals surface area (Å²) < 4.78 is 5.44. The highest BCUT2D eigenvalue weighted by atomic mass is 35.5. The predicted octanol–water partition coefficient (Wildman–Crippen LogP) is 2.24. The van der Waals surface area contributed by atoms with Crippen LogP contribution in [-0.2, 0) is 9.53 Å². The summed E-state index contributed by atoms with van der Waals surface area (Å²) in [6, 6.07) is 7.50. The number of amides is 1. The molecule has 0 spiro atoms. The minimum atomic E-state index is -0.238. The van der Waals surface area contributed by atoms with Gasteiger partial charge in [-0.3, -0.25) is 14.5 Å². The second-order valence-electron chi connectivity index (χ2n) is 6.42. The molecule has 3 rings (SSSR count). The van der Waals surface area contributed by atoms with Crippen molar-refractivity contribution in [3.8, 4) is 0 Å². The van der Waals surface area contributed by atoms with Crippen molar-refractivity contribution in [2.45, 2.75) is 50.4 Å². The lowest BCUT2D eigenvalue weighted by molar-refractivity contribution is -0.147. The average Bonchev–Trinajstić information content (AvgIpc) is 2.67. The van der Waals surface area contributed by atoms with Gasteiger partial charge in [0.15, 0.2) is 0 Å². The molecule has 0 aliphatic carbocycles. The minimum Gasteiger partial charge on any atom is -0.461 e. The highest BCUT2D eigenvalue weighted by Gasteiger charge is 2.46. The number of ether oxygens (including phenoxy) is 1. The van der Waals surface area contributed by atoms with Gasteiger partial charge in [0.05, 0.1) is 0 Å². The molecule has 2 saturated heterocycles. The molecule has 0 aromatic heterocycles. The van der Waals surface area contributed by atoms with E-state index in [2.05, 4.69) is 17.3 Å². The van der Waals surface area contributed by atoms with E-state index in [0.29, 0.717) is 16.6 Å². The molecule has 2 fully saturated rings. The molecule has 124 valence electrons. The SMILES string of the molecule is CC(=O)OC1CC2CC(NC(=O)c3ccc(Cl)cc3)CC1N2C. The van der Waals surface area contributed by atoms with Crippen LogP contribution in [0.25, 0.3) is 0 Å². The number of piperidine rings is 1. The molecule has 23 heavy (non-hydrogen) atoms. The Morgan fingerprint density at radius 2 is 1.91 bits per heavy atom. The fourth-order valence-corrected chi connectivity index (χ4v) is 3.87. The Morgan fingerprint density at radius 1 is 1.22 bits per heavy atom. The van der Waals surface area contributed by atoms with Crippen LogP contribution >= 0.6 is 11.6 Å². The number of likely N-dealkylation sites (N-methyl/N-ethyl adjacent to an activating group) is 1. The van der Waals surface area contributed by atoms with Gasteiger partial charge in [-0.2, -0.15) is 0 Å². The second kappa shape index (κ2) is 6.49. The van der Waals surface area contributed by atoms with Crippen LogP contribution in [-0.4, -0.2) is 48.1 Å². The van der Waals surface area contributed by atoms with Crippen LogP contribution in [0.2, 0.25) is 5.02 Å². The van der Waals surface area contributed by atoms with Crippen molar-refractivity contribution in [2.75, 3.05) is 7.05 Å². The molecule has 1 amide bonds. The minimum absolute atomic E-state index is 0.0695. The Morgan fingerprint density at radius 3 is 2.57 bits per heavy atom. The quantitative estimate of drug-likeness (QED) is 0.860. The van der Waals surface area contributed by atoms with Crippen LogP contribution in [0.3, 0.4) is 0 Å². The van der Waals surface area contributed by atoms with Gasteiger partial charge in [-0.1, -0.05) is 11.6 Å². The number of rotatable bonds is 3. The molecule has 1 aromatic rings. The maximum Gasteiger partial charge on any atom is 0.302 e. The third kappa shape index (κ3) is 3.51. The standard InChI is InChI=1S/C17H21ClN2O3/c1-10(21)23-16-9-14-7-13(8-15(16)20(14)2)19-17(22)11-3-5-12(18)6-4-11/h3-6,13-16H,7-9H2,1-2H3,(H,19,22). The first-order valence-electron chi connectivity index (χ1n) is 7.89. The van der Waals surface area contributed by atoms with Gasteiger partial charge in [-0.25, -0.2) is 0 Å². The summed E-state index contributed by atoms with van der Waals surface area (Å²) in [5.74, 6) is -0.322. The largest absolute Gasteiger partial charge is 0.461 e. The monoisotopic (exact) mass is 336 g/mol. The van der Waals surface area contributed by atoms with Crippen LogP contribution in [0.15, 0.2) is 24.3 Å². The molecule has 0 saturated carbocycles. The van der Waals surface area contributed by atoms with Crippen molar-refractivity contribution in [3.05, 3.63) is 34.9 Å². The fourth-order valence-electron chi connectivity index (χ4n) is 3.75. The van der Waals surface area contributed by atoms with E-state index in [4.69, 9.17) is 16.3 Å². The Labute approximate surface area is 140 Å². The number of nitrogens with zero attached hydrogens (tertiary/aromatic N) is 1. The lowest BCUT2D eigenvalue weighted by atomic mass is 9.97. The molecule has 5 nitrogen and oxygen atoms in total. The number of halogens is 1. The summed E-state index contributed by atoms with van der Waals surface area (Å²) >= 11 is 5.85. The number of carbonyl (C=O) groups excluding carboxylic acids is 2. The van der Waals surface area contributed by atoms with E-state index < -0.39 is 0 Å². The maximum absolute atomic E-state index is 12.3. The van der Waals surface area contributed by atoms with Crippen LogP contribution < -0.4 is 5.32 Å². The van der Waals surface area contributed by atoms with Gasteiger partial charge >= 0.3 is 5.97 Å². The van der Waals surface area contributed by atoms with E-state index in [9.17, 15) is 9.59 Å². The number of esters is 1. The number of hydrogen-bond donors (Lipinski definition) is 1.